The number of benzene rings is 1. The van der Waals surface area contributed by atoms with Gasteiger partial charge in [-0.15, -0.1) is 0 Å². The molecule has 2 aliphatic heterocycles. The molecule has 0 spiro atoms. The van der Waals surface area contributed by atoms with E-state index in [0.717, 1.165) is 51.2 Å². The van der Waals surface area contributed by atoms with E-state index in [-0.39, 0.29) is 11.8 Å². The van der Waals surface area contributed by atoms with E-state index >= 15 is 0 Å². The monoisotopic (exact) mass is 388 g/mol. The Bertz CT molecular complexity index is 714. The molecule has 152 valence electrons. The van der Waals surface area contributed by atoms with Crippen molar-refractivity contribution in [2.45, 2.75) is 25.3 Å². The lowest BCUT2D eigenvalue weighted by molar-refractivity contribution is -0.123. The molecule has 2 fully saturated rings. The molecule has 28 heavy (non-hydrogen) atoms. The van der Waals surface area contributed by atoms with E-state index < -0.39 is 0 Å². The van der Waals surface area contributed by atoms with Gasteiger partial charge in [0.25, 0.3) is 0 Å². The minimum atomic E-state index is -0.0468. The number of anilines is 1. The van der Waals surface area contributed by atoms with Crippen LogP contribution in [0.1, 0.15) is 19.3 Å². The molecule has 1 aromatic carbocycles. The Labute approximate surface area is 165 Å². The number of piperazine rings is 1. The van der Waals surface area contributed by atoms with Gasteiger partial charge >= 0.3 is 0 Å². The van der Waals surface area contributed by atoms with E-state index in [2.05, 4.69) is 20.4 Å². The number of amides is 2. The molecule has 1 aliphatic carbocycles. The van der Waals surface area contributed by atoms with Crippen molar-refractivity contribution in [3.8, 4) is 11.5 Å². The van der Waals surface area contributed by atoms with Crippen LogP contribution in [-0.2, 0) is 9.59 Å². The van der Waals surface area contributed by atoms with Crippen LogP contribution in [0.5, 0.6) is 11.5 Å². The maximum atomic E-state index is 12.4. The highest BCUT2D eigenvalue weighted by molar-refractivity contribution is 5.92. The highest BCUT2D eigenvalue weighted by atomic mass is 16.5. The third-order valence-corrected chi connectivity index (χ3v) is 5.17. The minimum absolute atomic E-state index is 0.0468. The van der Waals surface area contributed by atoms with Crippen molar-refractivity contribution in [2.24, 2.45) is 0 Å². The van der Waals surface area contributed by atoms with Gasteiger partial charge in [0.1, 0.15) is 0 Å². The van der Waals surface area contributed by atoms with Gasteiger partial charge in [-0.3, -0.25) is 19.4 Å². The molecule has 0 atom stereocenters. The maximum absolute atomic E-state index is 12.4. The zero-order valence-electron chi connectivity index (χ0n) is 16.1. The first-order chi connectivity index (χ1) is 13.7. The van der Waals surface area contributed by atoms with E-state index in [1.165, 1.54) is 0 Å². The van der Waals surface area contributed by atoms with Gasteiger partial charge in [0.2, 0.25) is 11.8 Å². The summed E-state index contributed by atoms with van der Waals surface area (Å²) in [6.45, 7) is 5.23. The quantitative estimate of drug-likeness (QED) is 0.746. The third-order valence-electron chi connectivity index (χ3n) is 5.17. The summed E-state index contributed by atoms with van der Waals surface area (Å²) < 4.78 is 11.3. The molecule has 1 saturated carbocycles. The van der Waals surface area contributed by atoms with Crippen molar-refractivity contribution in [3.63, 3.8) is 0 Å². The fourth-order valence-electron chi connectivity index (χ4n) is 3.45. The lowest BCUT2D eigenvalue weighted by atomic mass is 10.2. The summed E-state index contributed by atoms with van der Waals surface area (Å²) in [5.74, 6) is 1.46. The molecule has 2 heterocycles. The Morgan fingerprint density at radius 1 is 0.929 bits per heavy atom. The molecule has 8 heteroatoms. The molecule has 0 bridgehead atoms. The number of hydrogen-bond acceptors (Lipinski definition) is 6. The Morgan fingerprint density at radius 3 is 2.25 bits per heavy atom. The average Bonchev–Trinajstić information content (AvgIpc) is 3.50. The summed E-state index contributed by atoms with van der Waals surface area (Å²) in [6.07, 6.45) is 3.07. The summed E-state index contributed by atoms with van der Waals surface area (Å²) in [6, 6.07) is 5.89. The zero-order chi connectivity index (χ0) is 19.3. The Hall–Kier alpha value is -2.32. The SMILES string of the molecule is O=C(CN1CCN(CC(=O)NC2CC2)CC1)Nc1ccc2c(c1)OCCCO2. The van der Waals surface area contributed by atoms with Gasteiger partial charge in [-0.2, -0.15) is 0 Å². The molecule has 4 rings (SSSR count). The molecule has 8 nitrogen and oxygen atoms in total. The van der Waals surface area contributed by atoms with Crippen LogP contribution in [0.25, 0.3) is 0 Å². The highest BCUT2D eigenvalue weighted by Crippen LogP contribution is 2.32. The van der Waals surface area contributed by atoms with E-state index in [1.54, 1.807) is 0 Å². The minimum Gasteiger partial charge on any atom is -0.490 e. The van der Waals surface area contributed by atoms with Gasteiger partial charge in [0.05, 0.1) is 26.3 Å². The molecule has 0 aromatic heterocycles. The molecule has 0 unspecified atom stereocenters. The van der Waals surface area contributed by atoms with Gasteiger partial charge in [0, 0.05) is 50.4 Å². The number of fused-ring (bicyclic) bond motifs is 1. The molecule has 3 aliphatic rings. The predicted octanol–water partition coefficient (Wildman–Crippen LogP) is 0.683. The van der Waals surface area contributed by atoms with Crippen molar-refractivity contribution >= 4 is 17.5 Å². The fourth-order valence-corrected chi connectivity index (χ4v) is 3.45. The largest absolute Gasteiger partial charge is 0.490 e. The fraction of sp³-hybridized carbons (Fsp3) is 0.600. The highest BCUT2D eigenvalue weighted by Gasteiger charge is 2.25. The number of carbonyl (C=O) groups excluding carboxylic acids is 2. The molecule has 1 aromatic rings. The van der Waals surface area contributed by atoms with Gasteiger partial charge < -0.3 is 20.1 Å². The standard InChI is InChI=1S/C20H28N4O4/c25-19(21-15-2-3-15)13-23-6-8-24(9-7-23)14-20(26)22-16-4-5-17-18(12-16)28-11-1-10-27-17/h4-5,12,15H,1-3,6-11,13-14H2,(H,21,25)(H,22,26). The normalized spacial score (nSPS) is 20.3. The van der Waals surface area contributed by atoms with Gasteiger partial charge in [-0.05, 0) is 25.0 Å². The topological polar surface area (TPSA) is 83.1 Å². The van der Waals surface area contributed by atoms with Crippen LogP contribution < -0.4 is 20.1 Å². The molecule has 0 radical (unpaired) electrons. The molecule has 2 amide bonds. The Kier molecular flexibility index (Phi) is 5.97. The second-order valence-electron chi connectivity index (χ2n) is 7.65. The van der Waals surface area contributed by atoms with Gasteiger partial charge in [-0.1, -0.05) is 0 Å². The van der Waals surface area contributed by atoms with E-state index in [0.29, 0.717) is 43.8 Å². The first-order valence-electron chi connectivity index (χ1n) is 10.1. The number of hydrogen-bond donors (Lipinski definition) is 2. The lowest BCUT2D eigenvalue weighted by Gasteiger charge is -2.33. The number of nitrogens with one attached hydrogen (secondary N) is 2. The van der Waals surface area contributed by atoms with Crippen LogP contribution in [0.4, 0.5) is 5.69 Å². The molecule has 1 saturated heterocycles. The number of ether oxygens (including phenoxy) is 2. The van der Waals surface area contributed by atoms with Gasteiger partial charge in [-0.25, -0.2) is 0 Å². The van der Waals surface area contributed by atoms with Crippen molar-refractivity contribution in [3.05, 3.63) is 18.2 Å². The Balaban J connectivity index is 1.20. The average molecular weight is 388 g/mol. The van der Waals surface area contributed by atoms with Crippen LogP contribution in [-0.4, -0.2) is 80.1 Å². The van der Waals surface area contributed by atoms with Gasteiger partial charge in [0.15, 0.2) is 11.5 Å². The van der Waals surface area contributed by atoms with Crippen LogP contribution >= 0.6 is 0 Å². The number of carbonyl (C=O) groups is 2. The zero-order valence-corrected chi connectivity index (χ0v) is 16.1. The second kappa shape index (κ2) is 8.79. The summed E-state index contributed by atoms with van der Waals surface area (Å²) in [7, 11) is 0. The first-order valence-corrected chi connectivity index (χ1v) is 10.1. The molecular weight excluding hydrogens is 360 g/mol. The maximum Gasteiger partial charge on any atom is 0.238 e. The smallest absolute Gasteiger partial charge is 0.238 e. The lowest BCUT2D eigenvalue weighted by Crippen LogP contribution is -2.51. The van der Waals surface area contributed by atoms with E-state index in [9.17, 15) is 9.59 Å². The summed E-state index contributed by atoms with van der Waals surface area (Å²) >= 11 is 0. The van der Waals surface area contributed by atoms with Crippen molar-refractivity contribution < 1.29 is 19.1 Å². The number of nitrogens with zero attached hydrogens (tertiary/aromatic N) is 2. The third kappa shape index (κ3) is 5.36. The molecular formula is C20H28N4O4. The van der Waals surface area contributed by atoms with E-state index in [1.807, 2.05) is 18.2 Å². The second-order valence-corrected chi connectivity index (χ2v) is 7.65. The predicted molar refractivity (Wildman–Crippen MR) is 105 cm³/mol. The van der Waals surface area contributed by atoms with E-state index in [4.69, 9.17) is 9.47 Å². The first kappa shape index (κ1) is 19.0. The summed E-state index contributed by atoms with van der Waals surface area (Å²) in [5, 5.41) is 5.96. The van der Waals surface area contributed by atoms with Crippen LogP contribution in [0, 0.1) is 0 Å². The summed E-state index contributed by atoms with van der Waals surface area (Å²) in [4.78, 5) is 28.6. The summed E-state index contributed by atoms with van der Waals surface area (Å²) in [5.41, 5.74) is 0.713. The van der Waals surface area contributed by atoms with Crippen LogP contribution in [0.15, 0.2) is 18.2 Å². The van der Waals surface area contributed by atoms with Crippen LogP contribution in [0.2, 0.25) is 0 Å². The Morgan fingerprint density at radius 2 is 1.57 bits per heavy atom. The molecule has 2 N–H and O–H groups in total. The van der Waals surface area contributed by atoms with Crippen molar-refractivity contribution in [2.75, 3.05) is 57.8 Å². The van der Waals surface area contributed by atoms with Crippen molar-refractivity contribution in [1.82, 2.24) is 15.1 Å². The van der Waals surface area contributed by atoms with Crippen LogP contribution in [0.3, 0.4) is 0 Å². The van der Waals surface area contributed by atoms with Crippen molar-refractivity contribution in [1.29, 1.82) is 0 Å². The number of rotatable bonds is 6.